The third-order valence-corrected chi connectivity index (χ3v) is 4.81. The lowest BCUT2D eigenvalue weighted by Gasteiger charge is -2.27. The lowest BCUT2D eigenvalue weighted by atomic mass is 9.84. The minimum atomic E-state index is -0.234. The van der Waals surface area contributed by atoms with Crippen LogP contribution in [0.5, 0.6) is 17.2 Å². The molecule has 2 aromatic rings. The van der Waals surface area contributed by atoms with Crippen molar-refractivity contribution in [3.63, 3.8) is 0 Å². The molecule has 172 valence electrons. The van der Waals surface area contributed by atoms with Crippen molar-refractivity contribution in [2.75, 3.05) is 34.4 Å². The Bertz CT molecular complexity index is 833. The number of guanidine groups is 1. The second-order valence-electron chi connectivity index (χ2n) is 7.47. The highest BCUT2D eigenvalue weighted by atomic mass is 127. The first-order valence-corrected chi connectivity index (χ1v) is 9.91. The van der Waals surface area contributed by atoms with Crippen LogP contribution in [0.2, 0.25) is 0 Å². The first-order valence-electron chi connectivity index (χ1n) is 9.91. The second-order valence-corrected chi connectivity index (χ2v) is 7.47. The summed E-state index contributed by atoms with van der Waals surface area (Å²) in [6, 6.07) is 10.4. The van der Waals surface area contributed by atoms with Crippen LogP contribution in [0.4, 0.5) is 4.39 Å². The summed E-state index contributed by atoms with van der Waals surface area (Å²) < 4.78 is 29.4. The molecule has 6 nitrogen and oxygen atoms in total. The molecule has 0 atom stereocenters. The fourth-order valence-electron chi connectivity index (χ4n) is 3.05. The van der Waals surface area contributed by atoms with Gasteiger partial charge in [-0.3, -0.25) is 0 Å². The van der Waals surface area contributed by atoms with E-state index >= 15 is 0 Å². The van der Waals surface area contributed by atoms with Crippen molar-refractivity contribution < 1.29 is 18.6 Å². The van der Waals surface area contributed by atoms with Crippen molar-refractivity contribution in [3.8, 4) is 17.2 Å². The Morgan fingerprint density at radius 1 is 0.968 bits per heavy atom. The predicted octanol–water partition coefficient (Wildman–Crippen LogP) is 4.50. The Morgan fingerprint density at radius 3 is 2.03 bits per heavy atom. The number of rotatable bonds is 9. The van der Waals surface area contributed by atoms with E-state index in [1.165, 1.54) is 12.1 Å². The highest BCUT2D eigenvalue weighted by molar-refractivity contribution is 14.0. The van der Waals surface area contributed by atoms with E-state index in [-0.39, 0.29) is 35.2 Å². The maximum absolute atomic E-state index is 13.2. The molecule has 0 saturated heterocycles. The number of benzene rings is 2. The first kappa shape index (κ1) is 26.8. The highest BCUT2D eigenvalue weighted by Gasteiger charge is 2.21. The van der Waals surface area contributed by atoms with Gasteiger partial charge in [0, 0.05) is 18.5 Å². The third-order valence-electron chi connectivity index (χ3n) is 4.81. The Balaban J connectivity index is 0.00000480. The van der Waals surface area contributed by atoms with Gasteiger partial charge in [0.1, 0.15) is 5.82 Å². The number of nitrogens with one attached hydrogen (secondary N) is 2. The molecule has 0 aliphatic rings. The van der Waals surface area contributed by atoms with Crippen molar-refractivity contribution >= 4 is 29.9 Å². The standard InChI is InChI=1S/C23H32FN3O3.HI/c1-7-25-22(27-15-23(2,3)17-8-10-18(24)11-9-17)26-14-16-12-19(28-4)21(30-6)20(13-16)29-5;/h8-13H,7,14-15H2,1-6H3,(H2,25,26,27);1H. The SMILES string of the molecule is CCNC(=NCc1cc(OC)c(OC)c(OC)c1)NCC(C)(C)c1ccc(F)cc1.I. The topological polar surface area (TPSA) is 64.1 Å². The molecule has 0 saturated carbocycles. The van der Waals surface area contributed by atoms with E-state index < -0.39 is 0 Å². The van der Waals surface area contributed by atoms with Gasteiger partial charge in [-0.2, -0.15) is 0 Å². The van der Waals surface area contributed by atoms with Crippen LogP contribution in [0, 0.1) is 5.82 Å². The van der Waals surface area contributed by atoms with Gasteiger partial charge in [-0.25, -0.2) is 9.38 Å². The van der Waals surface area contributed by atoms with Gasteiger partial charge in [-0.05, 0) is 42.3 Å². The third kappa shape index (κ3) is 7.45. The normalized spacial score (nSPS) is 11.4. The summed E-state index contributed by atoms with van der Waals surface area (Å²) in [5.41, 5.74) is 1.78. The van der Waals surface area contributed by atoms with Gasteiger partial charge in [-0.1, -0.05) is 26.0 Å². The summed E-state index contributed by atoms with van der Waals surface area (Å²) in [6.45, 7) is 8.04. The lowest BCUT2D eigenvalue weighted by molar-refractivity contribution is 0.324. The number of ether oxygens (including phenoxy) is 3. The molecule has 0 aliphatic carbocycles. The average molecular weight is 545 g/mol. The molecular weight excluding hydrogens is 512 g/mol. The molecule has 0 unspecified atom stereocenters. The zero-order valence-electron chi connectivity index (χ0n) is 19.0. The number of hydrogen-bond acceptors (Lipinski definition) is 4. The number of nitrogens with zero attached hydrogens (tertiary/aromatic N) is 1. The van der Waals surface area contributed by atoms with Crippen LogP contribution in [0.15, 0.2) is 41.4 Å². The largest absolute Gasteiger partial charge is 0.493 e. The minimum Gasteiger partial charge on any atom is -0.493 e. The Morgan fingerprint density at radius 2 is 1.55 bits per heavy atom. The van der Waals surface area contributed by atoms with Crippen LogP contribution in [-0.2, 0) is 12.0 Å². The van der Waals surface area contributed by atoms with Gasteiger partial charge in [0.2, 0.25) is 5.75 Å². The van der Waals surface area contributed by atoms with Crippen molar-refractivity contribution in [3.05, 3.63) is 53.3 Å². The fourth-order valence-corrected chi connectivity index (χ4v) is 3.05. The van der Waals surface area contributed by atoms with Crippen LogP contribution in [-0.4, -0.2) is 40.4 Å². The summed E-state index contributed by atoms with van der Waals surface area (Å²) in [5, 5.41) is 6.64. The van der Waals surface area contributed by atoms with Gasteiger partial charge in [0.05, 0.1) is 27.9 Å². The highest BCUT2D eigenvalue weighted by Crippen LogP contribution is 2.38. The van der Waals surface area contributed by atoms with Gasteiger partial charge in [0.15, 0.2) is 17.5 Å². The summed E-state index contributed by atoms with van der Waals surface area (Å²) in [6.07, 6.45) is 0. The molecule has 0 fully saturated rings. The van der Waals surface area contributed by atoms with Gasteiger partial charge < -0.3 is 24.8 Å². The predicted molar refractivity (Wildman–Crippen MR) is 134 cm³/mol. The monoisotopic (exact) mass is 545 g/mol. The first-order chi connectivity index (χ1) is 14.3. The number of halogens is 2. The second kappa shape index (κ2) is 12.6. The van der Waals surface area contributed by atoms with E-state index in [9.17, 15) is 4.39 Å². The molecule has 0 aromatic heterocycles. The van der Waals surface area contributed by atoms with Crippen LogP contribution < -0.4 is 24.8 Å². The van der Waals surface area contributed by atoms with E-state index in [2.05, 4.69) is 29.5 Å². The van der Waals surface area contributed by atoms with Crippen molar-refractivity contribution in [2.24, 2.45) is 4.99 Å². The molecule has 0 spiro atoms. The van der Waals surface area contributed by atoms with Crippen molar-refractivity contribution in [1.29, 1.82) is 0 Å². The minimum absolute atomic E-state index is 0. The Kier molecular flexibility index (Phi) is 10.9. The molecule has 2 N–H and O–H groups in total. The van der Waals surface area contributed by atoms with E-state index in [0.29, 0.717) is 36.3 Å². The lowest BCUT2D eigenvalue weighted by Crippen LogP contribution is -2.43. The van der Waals surface area contributed by atoms with Crippen LogP contribution in [0.1, 0.15) is 31.9 Å². The van der Waals surface area contributed by atoms with Crippen LogP contribution in [0.3, 0.4) is 0 Å². The molecule has 2 rings (SSSR count). The summed E-state index contributed by atoms with van der Waals surface area (Å²) in [4.78, 5) is 4.68. The quantitative estimate of drug-likeness (QED) is 0.276. The Labute approximate surface area is 201 Å². The Hall–Kier alpha value is -2.23. The molecule has 0 radical (unpaired) electrons. The van der Waals surface area contributed by atoms with Crippen LogP contribution >= 0.6 is 24.0 Å². The number of hydrogen-bond donors (Lipinski definition) is 2. The van der Waals surface area contributed by atoms with E-state index in [1.54, 1.807) is 21.3 Å². The molecule has 2 aromatic carbocycles. The molecular formula is C23H33FIN3O3. The molecule has 31 heavy (non-hydrogen) atoms. The maximum Gasteiger partial charge on any atom is 0.203 e. The smallest absolute Gasteiger partial charge is 0.203 e. The van der Waals surface area contributed by atoms with Crippen LogP contribution in [0.25, 0.3) is 0 Å². The van der Waals surface area contributed by atoms with Gasteiger partial charge >= 0.3 is 0 Å². The van der Waals surface area contributed by atoms with Gasteiger partial charge in [0.25, 0.3) is 0 Å². The fraction of sp³-hybridized carbons (Fsp3) is 0.435. The number of methoxy groups -OCH3 is 3. The van der Waals surface area contributed by atoms with Crippen molar-refractivity contribution in [1.82, 2.24) is 10.6 Å². The molecule has 8 heteroatoms. The zero-order chi connectivity index (χ0) is 22.1. The maximum atomic E-state index is 13.2. The molecule has 0 heterocycles. The average Bonchev–Trinajstić information content (AvgIpc) is 2.75. The number of aliphatic imine (C=N–C) groups is 1. The van der Waals surface area contributed by atoms with Gasteiger partial charge in [-0.15, -0.1) is 24.0 Å². The summed E-state index contributed by atoms with van der Waals surface area (Å²) in [5.74, 6) is 2.21. The van der Waals surface area contributed by atoms with E-state index in [1.807, 2.05) is 31.2 Å². The molecule has 0 bridgehead atoms. The summed E-state index contributed by atoms with van der Waals surface area (Å²) in [7, 11) is 4.76. The zero-order valence-corrected chi connectivity index (χ0v) is 21.4. The molecule has 0 amide bonds. The van der Waals surface area contributed by atoms with Crippen molar-refractivity contribution in [2.45, 2.75) is 32.7 Å². The summed E-state index contributed by atoms with van der Waals surface area (Å²) >= 11 is 0. The molecule has 0 aliphatic heterocycles. The van der Waals surface area contributed by atoms with E-state index in [4.69, 9.17) is 14.2 Å². The van der Waals surface area contributed by atoms with E-state index in [0.717, 1.165) is 17.7 Å².